The maximum atomic E-state index is 13.6. The fraction of sp³-hybridized carbons (Fsp3) is 0.364. The highest BCUT2D eigenvalue weighted by Gasteiger charge is 2.26. The van der Waals surface area contributed by atoms with E-state index in [1.165, 1.54) is 17.5 Å². The van der Waals surface area contributed by atoms with Gasteiger partial charge in [0.15, 0.2) is 11.6 Å². The molecule has 1 N–H and O–H groups in total. The van der Waals surface area contributed by atoms with Crippen LogP contribution in [0.4, 0.5) is 10.3 Å². The lowest BCUT2D eigenvalue weighted by molar-refractivity contribution is 0.592. The highest BCUT2D eigenvalue weighted by atomic mass is 19.1. The van der Waals surface area contributed by atoms with E-state index >= 15 is 0 Å². The van der Waals surface area contributed by atoms with Crippen LogP contribution in [0.5, 0.6) is 0 Å². The first-order chi connectivity index (χ1) is 8.28. The largest absolute Gasteiger partial charge is 0.357 e. The third-order valence-electron chi connectivity index (χ3n) is 2.77. The summed E-state index contributed by atoms with van der Waals surface area (Å²) in [4.78, 5) is 7.86. The number of hydrogen-bond acceptors (Lipinski definition) is 4. The van der Waals surface area contributed by atoms with Gasteiger partial charge in [0, 0.05) is 19.2 Å². The average molecular weight is 233 g/mol. The van der Waals surface area contributed by atoms with E-state index in [4.69, 9.17) is 0 Å². The smallest absolute Gasteiger partial charge is 0.224 e. The minimum absolute atomic E-state index is 0.177. The molecule has 5 nitrogen and oxygen atoms in total. The number of hydrogen-bond donors (Lipinski definition) is 1. The van der Waals surface area contributed by atoms with Crippen LogP contribution in [0, 0.1) is 5.82 Å². The Morgan fingerprint density at radius 1 is 1.47 bits per heavy atom. The molecule has 0 amide bonds. The molecule has 0 unspecified atom stereocenters. The van der Waals surface area contributed by atoms with Gasteiger partial charge in [-0.15, -0.1) is 0 Å². The van der Waals surface area contributed by atoms with Gasteiger partial charge in [0.1, 0.15) is 0 Å². The predicted molar refractivity (Wildman–Crippen MR) is 60.6 cm³/mol. The van der Waals surface area contributed by atoms with Crippen molar-refractivity contribution in [3.63, 3.8) is 0 Å². The third-order valence-corrected chi connectivity index (χ3v) is 2.77. The molecule has 0 bridgehead atoms. The Labute approximate surface area is 97.7 Å². The minimum atomic E-state index is -0.477. The first-order valence-electron chi connectivity index (χ1n) is 5.54. The van der Waals surface area contributed by atoms with Crippen molar-refractivity contribution in [1.29, 1.82) is 0 Å². The molecule has 0 saturated heterocycles. The average Bonchev–Trinajstić information content (AvgIpc) is 3.09. The maximum Gasteiger partial charge on any atom is 0.224 e. The molecule has 0 aliphatic heterocycles. The highest BCUT2D eigenvalue weighted by molar-refractivity contribution is 5.32. The van der Waals surface area contributed by atoms with Crippen LogP contribution < -0.4 is 5.32 Å². The second kappa shape index (κ2) is 3.80. The van der Waals surface area contributed by atoms with E-state index in [0.717, 1.165) is 11.9 Å². The van der Waals surface area contributed by atoms with Crippen molar-refractivity contribution in [2.24, 2.45) is 0 Å². The second-order valence-corrected chi connectivity index (χ2v) is 4.07. The summed E-state index contributed by atoms with van der Waals surface area (Å²) in [5.74, 6) is 0.625. The van der Waals surface area contributed by atoms with Crippen LogP contribution in [0.2, 0.25) is 0 Å². The predicted octanol–water partition coefficient (Wildman–Crippen LogP) is 1.72. The van der Waals surface area contributed by atoms with E-state index in [9.17, 15) is 4.39 Å². The second-order valence-electron chi connectivity index (χ2n) is 4.07. The molecule has 2 aromatic rings. The van der Waals surface area contributed by atoms with Crippen LogP contribution in [0.15, 0.2) is 18.5 Å². The molecule has 3 rings (SSSR count). The van der Waals surface area contributed by atoms with E-state index in [2.05, 4.69) is 20.4 Å². The van der Waals surface area contributed by atoms with Crippen molar-refractivity contribution in [3.8, 4) is 5.82 Å². The number of rotatable bonds is 3. The van der Waals surface area contributed by atoms with Crippen molar-refractivity contribution < 1.29 is 4.39 Å². The molecule has 88 valence electrons. The number of nitrogens with zero attached hydrogens (tertiary/aromatic N) is 4. The number of halogens is 1. The molecule has 0 radical (unpaired) electrons. The van der Waals surface area contributed by atoms with Gasteiger partial charge in [-0.3, -0.25) is 0 Å². The Kier molecular flexibility index (Phi) is 2.28. The number of anilines is 1. The molecule has 1 saturated carbocycles. The molecule has 2 heterocycles. The molecular weight excluding hydrogens is 221 g/mol. The molecule has 2 aromatic heterocycles. The Hall–Kier alpha value is -1.98. The van der Waals surface area contributed by atoms with Gasteiger partial charge in [-0.25, -0.2) is 14.1 Å². The summed E-state index contributed by atoms with van der Waals surface area (Å²) in [5.41, 5.74) is 1.01. The van der Waals surface area contributed by atoms with Crippen molar-refractivity contribution in [2.75, 3.05) is 12.4 Å². The maximum absolute atomic E-state index is 13.6. The molecule has 1 aliphatic carbocycles. The van der Waals surface area contributed by atoms with Gasteiger partial charge in [-0.1, -0.05) is 0 Å². The lowest BCUT2D eigenvalue weighted by Gasteiger charge is -2.04. The number of nitrogens with one attached hydrogen (secondary N) is 1. The molecule has 6 heteroatoms. The summed E-state index contributed by atoms with van der Waals surface area (Å²) in [6.45, 7) is 0. The van der Waals surface area contributed by atoms with Crippen LogP contribution in [0.3, 0.4) is 0 Å². The molecule has 17 heavy (non-hydrogen) atoms. The standard InChI is InChI=1S/C11H12FN5/c1-13-11-14-6-8(12)10(15-11)17-5-4-9(16-17)7-2-3-7/h4-7H,2-3H2,1H3,(H,13,14,15). The summed E-state index contributed by atoms with van der Waals surface area (Å²) in [5, 5.41) is 7.11. The van der Waals surface area contributed by atoms with E-state index in [1.807, 2.05) is 6.07 Å². The minimum Gasteiger partial charge on any atom is -0.357 e. The first kappa shape index (κ1) is 10.2. The van der Waals surface area contributed by atoms with E-state index in [1.54, 1.807) is 13.2 Å². The van der Waals surface area contributed by atoms with Crippen molar-refractivity contribution in [3.05, 3.63) is 30.0 Å². The van der Waals surface area contributed by atoms with Crippen LogP contribution in [-0.2, 0) is 0 Å². The quantitative estimate of drug-likeness (QED) is 0.877. The van der Waals surface area contributed by atoms with Gasteiger partial charge in [-0.2, -0.15) is 10.1 Å². The fourth-order valence-corrected chi connectivity index (χ4v) is 1.69. The molecule has 1 aliphatic rings. The summed E-state index contributed by atoms with van der Waals surface area (Å²) in [6.07, 6.45) is 5.22. The van der Waals surface area contributed by atoms with Crippen molar-refractivity contribution in [1.82, 2.24) is 19.7 Å². The number of aromatic nitrogens is 4. The molecule has 1 fully saturated rings. The third kappa shape index (κ3) is 1.86. The molecule has 0 aromatic carbocycles. The van der Waals surface area contributed by atoms with E-state index < -0.39 is 5.82 Å². The Morgan fingerprint density at radius 2 is 2.29 bits per heavy atom. The lowest BCUT2D eigenvalue weighted by atomic mass is 10.3. The van der Waals surface area contributed by atoms with Gasteiger partial charge >= 0.3 is 0 Å². The van der Waals surface area contributed by atoms with Gasteiger partial charge in [0.05, 0.1) is 11.9 Å². The van der Waals surface area contributed by atoms with Crippen LogP contribution in [0.1, 0.15) is 24.5 Å². The van der Waals surface area contributed by atoms with Gasteiger partial charge < -0.3 is 5.32 Å². The summed E-state index contributed by atoms with van der Waals surface area (Å²) in [7, 11) is 1.69. The van der Waals surface area contributed by atoms with Crippen molar-refractivity contribution in [2.45, 2.75) is 18.8 Å². The lowest BCUT2D eigenvalue weighted by Crippen LogP contribution is -2.06. The molecule has 0 atom stereocenters. The van der Waals surface area contributed by atoms with E-state index in [-0.39, 0.29) is 5.82 Å². The Balaban J connectivity index is 2.00. The SMILES string of the molecule is CNc1ncc(F)c(-n2ccc(C3CC3)n2)n1. The van der Waals surface area contributed by atoms with Gasteiger partial charge in [-0.05, 0) is 18.9 Å². The summed E-state index contributed by atoms with van der Waals surface area (Å²) < 4.78 is 15.1. The summed E-state index contributed by atoms with van der Waals surface area (Å²) >= 11 is 0. The summed E-state index contributed by atoms with van der Waals surface area (Å²) in [6, 6.07) is 1.91. The Morgan fingerprint density at radius 3 is 3.00 bits per heavy atom. The van der Waals surface area contributed by atoms with Crippen LogP contribution in [-0.4, -0.2) is 26.8 Å². The van der Waals surface area contributed by atoms with E-state index in [0.29, 0.717) is 11.9 Å². The molecular formula is C11H12FN5. The van der Waals surface area contributed by atoms with Crippen molar-refractivity contribution >= 4 is 5.95 Å². The Bertz CT molecular complexity index is 547. The van der Waals surface area contributed by atoms with Crippen LogP contribution in [0.25, 0.3) is 5.82 Å². The zero-order valence-electron chi connectivity index (χ0n) is 9.39. The molecule has 0 spiro atoms. The fourth-order valence-electron chi connectivity index (χ4n) is 1.69. The van der Waals surface area contributed by atoms with Crippen LogP contribution >= 0.6 is 0 Å². The monoisotopic (exact) mass is 233 g/mol. The first-order valence-corrected chi connectivity index (χ1v) is 5.54. The topological polar surface area (TPSA) is 55.6 Å². The highest BCUT2D eigenvalue weighted by Crippen LogP contribution is 2.39. The zero-order chi connectivity index (χ0) is 11.8. The van der Waals surface area contributed by atoms with Gasteiger partial charge in [0.25, 0.3) is 0 Å². The normalized spacial score (nSPS) is 14.9. The van der Waals surface area contributed by atoms with Gasteiger partial charge in [0.2, 0.25) is 5.95 Å². The zero-order valence-corrected chi connectivity index (χ0v) is 9.39.